The van der Waals surface area contributed by atoms with E-state index in [1.54, 1.807) is 18.2 Å². The van der Waals surface area contributed by atoms with Crippen molar-refractivity contribution in [2.75, 3.05) is 33.2 Å². The number of carbonyl (C=O) groups is 2. The molecule has 7 nitrogen and oxygen atoms in total. The smallest absolute Gasteiger partial charge is 0.341 e. The number of carbonyl (C=O) groups excluding carboxylic acids is 2. The van der Waals surface area contributed by atoms with Crippen molar-refractivity contribution in [3.8, 4) is 11.5 Å². The molecular weight excluding hydrogens is 440 g/mol. The van der Waals surface area contributed by atoms with E-state index in [0.717, 1.165) is 23.5 Å². The van der Waals surface area contributed by atoms with E-state index in [1.807, 2.05) is 18.2 Å². The molecule has 2 heterocycles. The first-order chi connectivity index (χ1) is 16.0. The van der Waals surface area contributed by atoms with E-state index in [2.05, 4.69) is 22.3 Å². The van der Waals surface area contributed by atoms with Gasteiger partial charge in [0.05, 0.1) is 32.5 Å². The third-order valence-electron chi connectivity index (χ3n) is 5.65. The van der Waals surface area contributed by atoms with E-state index in [0.29, 0.717) is 40.6 Å². The Morgan fingerprint density at radius 1 is 1.03 bits per heavy atom. The van der Waals surface area contributed by atoms with Gasteiger partial charge >= 0.3 is 5.97 Å². The number of anilines is 1. The van der Waals surface area contributed by atoms with Crippen LogP contribution in [0.4, 0.5) is 5.00 Å². The lowest BCUT2D eigenvalue weighted by Gasteiger charge is -2.27. The predicted octanol–water partition coefficient (Wildman–Crippen LogP) is 4.36. The Morgan fingerprint density at radius 3 is 2.52 bits per heavy atom. The Balaban J connectivity index is 1.62. The standard InChI is InChI=1S/C25H26N2O5S/c1-30-19-11-7-10-18(22(19)31-2)23(28)26-24-21(25(29)32-3)17-12-13-27(15-20(17)33-24)14-16-8-5-4-6-9-16/h4-11H,12-15H2,1-3H3,(H,26,28). The van der Waals surface area contributed by atoms with Crippen molar-refractivity contribution in [1.82, 2.24) is 4.90 Å². The Hall–Kier alpha value is -3.36. The van der Waals surface area contributed by atoms with Crippen molar-refractivity contribution < 1.29 is 23.8 Å². The highest BCUT2D eigenvalue weighted by Gasteiger charge is 2.30. The van der Waals surface area contributed by atoms with E-state index in [1.165, 1.54) is 38.2 Å². The average Bonchev–Trinajstić information content (AvgIpc) is 3.20. The van der Waals surface area contributed by atoms with E-state index in [-0.39, 0.29) is 5.91 Å². The monoisotopic (exact) mass is 466 g/mol. The minimum atomic E-state index is -0.447. The zero-order chi connectivity index (χ0) is 23.4. The van der Waals surface area contributed by atoms with Crippen LogP contribution in [-0.2, 0) is 24.2 Å². The lowest BCUT2D eigenvalue weighted by atomic mass is 10.0. The van der Waals surface area contributed by atoms with Crippen LogP contribution in [0.1, 0.15) is 36.7 Å². The molecule has 1 aromatic heterocycles. The lowest BCUT2D eigenvalue weighted by Crippen LogP contribution is -2.29. The fraction of sp³-hybridized carbons (Fsp3) is 0.280. The number of methoxy groups -OCH3 is 3. The van der Waals surface area contributed by atoms with Crippen LogP contribution in [0.3, 0.4) is 0 Å². The number of hydrogen-bond donors (Lipinski definition) is 1. The molecule has 0 spiro atoms. The summed E-state index contributed by atoms with van der Waals surface area (Å²) in [6.45, 7) is 2.35. The Morgan fingerprint density at radius 2 is 1.82 bits per heavy atom. The van der Waals surface area contributed by atoms with Crippen LogP contribution in [0, 0.1) is 0 Å². The second kappa shape index (κ2) is 10.1. The second-order valence-electron chi connectivity index (χ2n) is 7.64. The molecule has 0 saturated carbocycles. The molecule has 0 atom stereocenters. The molecule has 172 valence electrons. The maximum Gasteiger partial charge on any atom is 0.341 e. The van der Waals surface area contributed by atoms with Gasteiger partial charge in [-0.25, -0.2) is 4.79 Å². The van der Waals surface area contributed by atoms with Crippen molar-refractivity contribution in [2.24, 2.45) is 0 Å². The molecule has 4 rings (SSSR count). The van der Waals surface area contributed by atoms with Crippen LogP contribution in [0.2, 0.25) is 0 Å². The van der Waals surface area contributed by atoms with Crippen molar-refractivity contribution in [2.45, 2.75) is 19.5 Å². The number of fused-ring (bicyclic) bond motifs is 1. The Kier molecular flexibility index (Phi) is 6.96. The number of amides is 1. The number of rotatable bonds is 7. The zero-order valence-corrected chi connectivity index (χ0v) is 19.7. The van der Waals surface area contributed by atoms with Crippen LogP contribution in [0.15, 0.2) is 48.5 Å². The van der Waals surface area contributed by atoms with Gasteiger partial charge in [0.2, 0.25) is 0 Å². The molecule has 8 heteroatoms. The zero-order valence-electron chi connectivity index (χ0n) is 18.8. The quantitative estimate of drug-likeness (QED) is 0.522. The van der Waals surface area contributed by atoms with Gasteiger partial charge in [-0.15, -0.1) is 11.3 Å². The molecule has 3 aromatic rings. The molecule has 0 fully saturated rings. The molecule has 1 aliphatic heterocycles. The number of thiophene rings is 1. The van der Waals surface area contributed by atoms with E-state index >= 15 is 0 Å². The van der Waals surface area contributed by atoms with E-state index < -0.39 is 5.97 Å². The molecule has 0 unspecified atom stereocenters. The molecule has 1 N–H and O–H groups in total. The Labute approximate surface area is 196 Å². The summed E-state index contributed by atoms with van der Waals surface area (Å²) in [5.74, 6) is -0.0274. The van der Waals surface area contributed by atoms with Crippen molar-refractivity contribution in [3.05, 3.63) is 75.7 Å². The summed E-state index contributed by atoms with van der Waals surface area (Å²) in [4.78, 5) is 29.2. The number of benzene rings is 2. The van der Waals surface area contributed by atoms with Crippen LogP contribution in [0.5, 0.6) is 11.5 Å². The third kappa shape index (κ3) is 4.72. The van der Waals surface area contributed by atoms with Crippen LogP contribution in [0.25, 0.3) is 0 Å². The van der Waals surface area contributed by atoms with Gasteiger partial charge < -0.3 is 19.5 Å². The second-order valence-corrected chi connectivity index (χ2v) is 8.75. The van der Waals surface area contributed by atoms with Gasteiger partial charge in [-0.05, 0) is 29.7 Å². The molecule has 0 saturated heterocycles. The number of nitrogens with zero attached hydrogens (tertiary/aromatic N) is 1. The van der Waals surface area contributed by atoms with Gasteiger partial charge in [0.1, 0.15) is 5.00 Å². The minimum absolute atomic E-state index is 0.324. The Bertz CT molecular complexity index is 1160. The molecule has 0 aliphatic carbocycles. The maximum absolute atomic E-state index is 13.1. The summed E-state index contributed by atoms with van der Waals surface area (Å²) in [7, 11) is 4.36. The lowest BCUT2D eigenvalue weighted by molar-refractivity contribution is 0.0600. The molecule has 2 aromatic carbocycles. The highest BCUT2D eigenvalue weighted by molar-refractivity contribution is 7.17. The fourth-order valence-electron chi connectivity index (χ4n) is 4.08. The van der Waals surface area contributed by atoms with Crippen LogP contribution < -0.4 is 14.8 Å². The molecule has 0 bridgehead atoms. The molecule has 33 heavy (non-hydrogen) atoms. The summed E-state index contributed by atoms with van der Waals surface area (Å²) in [6, 6.07) is 15.4. The SMILES string of the molecule is COC(=O)c1c(NC(=O)c2cccc(OC)c2OC)sc2c1CCN(Cc1ccccc1)C2. The normalized spacial score (nSPS) is 13.2. The van der Waals surface area contributed by atoms with Crippen molar-refractivity contribution in [3.63, 3.8) is 0 Å². The average molecular weight is 467 g/mol. The predicted molar refractivity (Wildman–Crippen MR) is 127 cm³/mol. The van der Waals surface area contributed by atoms with E-state index in [9.17, 15) is 9.59 Å². The van der Waals surface area contributed by atoms with Crippen molar-refractivity contribution in [1.29, 1.82) is 0 Å². The number of para-hydroxylation sites is 1. The van der Waals surface area contributed by atoms with E-state index in [4.69, 9.17) is 14.2 Å². The molecule has 1 amide bonds. The maximum atomic E-state index is 13.1. The molecule has 1 aliphatic rings. The van der Waals surface area contributed by atoms with Crippen LogP contribution in [-0.4, -0.2) is 44.7 Å². The van der Waals surface area contributed by atoms with Gasteiger partial charge in [0.25, 0.3) is 5.91 Å². The first-order valence-corrected chi connectivity index (χ1v) is 11.4. The van der Waals surface area contributed by atoms with Gasteiger partial charge in [-0.2, -0.15) is 0 Å². The third-order valence-corrected chi connectivity index (χ3v) is 6.78. The topological polar surface area (TPSA) is 77.1 Å². The minimum Gasteiger partial charge on any atom is -0.493 e. The van der Waals surface area contributed by atoms with Crippen molar-refractivity contribution >= 4 is 28.2 Å². The number of hydrogen-bond acceptors (Lipinski definition) is 7. The van der Waals surface area contributed by atoms with Gasteiger partial charge in [-0.1, -0.05) is 36.4 Å². The number of ether oxygens (including phenoxy) is 3. The molecular formula is C25H26N2O5S. The summed E-state index contributed by atoms with van der Waals surface area (Å²) in [5.41, 5.74) is 2.95. The fourth-order valence-corrected chi connectivity index (χ4v) is 5.35. The summed E-state index contributed by atoms with van der Waals surface area (Å²) < 4.78 is 15.7. The van der Waals surface area contributed by atoms with Gasteiger partial charge in [-0.3, -0.25) is 9.69 Å². The summed E-state index contributed by atoms with van der Waals surface area (Å²) >= 11 is 1.42. The molecule has 0 radical (unpaired) electrons. The highest BCUT2D eigenvalue weighted by Crippen LogP contribution is 2.39. The highest BCUT2D eigenvalue weighted by atomic mass is 32.1. The van der Waals surface area contributed by atoms with Gasteiger partial charge in [0.15, 0.2) is 11.5 Å². The number of esters is 1. The first kappa shape index (κ1) is 22.8. The summed E-state index contributed by atoms with van der Waals surface area (Å²) in [5, 5.41) is 3.40. The number of nitrogens with one attached hydrogen (secondary N) is 1. The largest absolute Gasteiger partial charge is 0.493 e. The van der Waals surface area contributed by atoms with Crippen LogP contribution >= 0.6 is 11.3 Å². The van der Waals surface area contributed by atoms with Gasteiger partial charge in [0, 0.05) is 24.5 Å². The summed E-state index contributed by atoms with van der Waals surface area (Å²) in [6.07, 6.45) is 0.710. The first-order valence-electron chi connectivity index (χ1n) is 10.6.